The van der Waals surface area contributed by atoms with Gasteiger partial charge in [0.1, 0.15) is 92.0 Å². The van der Waals surface area contributed by atoms with Crippen LogP contribution in [0.5, 0.6) is 0 Å². The first-order valence-corrected chi connectivity index (χ1v) is 50.5. The quantitative estimate of drug-likeness (QED) is 0.0198. The van der Waals surface area contributed by atoms with Crippen molar-refractivity contribution < 1.29 is 147 Å². The van der Waals surface area contributed by atoms with Crippen molar-refractivity contribution in [1.29, 1.82) is 0 Å². The van der Waals surface area contributed by atoms with E-state index >= 15 is 24.0 Å². The van der Waals surface area contributed by atoms with Crippen LogP contribution in [-0.2, 0) is 140 Å². The number of amides is 2. The van der Waals surface area contributed by atoms with Gasteiger partial charge in [-0.05, 0) is 95.1 Å². The topological polar surface area (TPSA) is 352 Å². The third-order valence-electron chi connectivity index (χ3n) is 26.8. The molecule has 26 atom stereocenters. The van der Waals surface area contributed by atoms with Gasteiger partial charge in [0.15, 0.2) is 73.6 Å². The molecule has 0 bridgehead atoms. The fraction of sp³-hybridized carbons (Fsp3) is 0.316. The molecule has 32 nitrogen and oxygen atoms in total. The zero-order valence-electron chi connectivity index (χ0n) is 81.4. The van der Waals surface area contributed by atoms with Crippen molar-refractivity contribution in [3.63, 3.8) is 0 Å². The molecule has 0 spiro atoms. The lowest BCUT2D eigenvalue weighted by Gasteiger charge is -2.55. The molecule has 0 N–H and O–H groups in total. The number of rotatable bonds is 37. The van der Waals surface area contributed by atoms with Gasteiger partial charge in [-0.2, -0.15) is 0 Å². The molecule has 0 saturated carbocycles. The highest BCUT2D eigenvalue weighted by atomic mass is 32.2. The average molecular weight is 2060 g/mol. The van der Waals surface area contributed by atoms with Crippen LogP contribution in [0.4, 0.5) is 0 Å². The summed E-state index contributed by atoms with van der Waals surface area (Å²) < 4.78 is 164. The lowest BCUT2D eigenvalue weighted by Crippen LogP contribution is -2.72. The monoisotopic (exact) mass is 2060 g/mol. The van der Waals surface area contributed by atoms with Crippen LogP contribution in [0.15, 0.2) is 358 Å². The zero-order chi connectivity index (χ0) is 103. The number of hydrogen-bond acceptors (Lipinski definition) is 32. The average Bonchev–Trinajstić information content (AvgIpc) is 1.57. The molecule has 12 aromatic carbocycles. The molecule has 774 valence electrons. The number of benzene rings is 12. The molecule has 8 aliphatic heterocycles. The van der Waals surface area contributed by atoms with E-state index in [9.17, 15) is 14.4 Å². The van der Waals surface area contributed by atoms with Crippen LogP contribution in [0.2, 0.25) is 0 Å². The summed E-state index contributed by atoms with van der Waals surface area (Å²) in [6.07, 6.45) is -39.8. The lowest BCUT2D eigenvalue weighted by atomic mass is 9.92. The van der Waals surface area contributed by atoms with E-state index < -0.39 is 226 Å². The maximum Gasteiger partial charge on any atom is 0.338 e. The summed E-state index contributed by atoms with van der Waals surface area (Å²) in [5.41, 5.74) is 4.00. The highest BCUT2D eigenvalue weighted by Crippen LogP contribution is 2.48. The molecule has 20 rings (SSSR count). The Morgan fingerprint density at radius 1 is 0.313 bits per heavy atom. The number of fused-ring (bicyclic) bond motifs is 3. The summed E-state index contributed by atoms with van der Waals surface area (Å²) in [5, 5.41) is -1.75. The van der Waals surface area contributed by atoms with Gasteiger partial charge in [0.25, 0.3) is 11.8 Å². The summed E-state index contributed by atoms with van der Waals surface area (Å²) >= 11 is 0.782. The van der Waals surface area contributed by atoms with Crippen LogP contribution < -0.4 is 0 Å². The van der Waals surface area contributed by atoms with Crippen LogP contribution in [-0.4, -0.2) is 238 Å². The Kier molecular flexibility index (Phi) is 34.2. The number of esters is 5. The number of hydrogen-bond donors (Lipinski definition) is 0. The molecule has 7 saturated heterocycles. The van der Waals surface area contributed by atoms with Gasteiger partial charge in [0.05, 0.1) is 97.0 Å². The van der Waals surface area contributed by atoms with Crippen molar-refractivity contribution in [2.24, 2.45) is 0 Å². The van der Waals surface area contributed by atoms with Crippen LogP contribution in [0.25, 0.3) is 0 Å². The zero-order valence-corrected chi connectivity index (χ0v) is 82.3. The van der Waals surface area contributed by atoms with Crippen molar-refractivity contribution in [3.8, 4) is 0 Å². The maximum absolute atomic E-state index is 16.9. The third kappa shape index (κ3) is 24.5. The van der Waals surface area contributed by atoms with E-state index in [4.69, 9.17) is 109 Å². The van der Waals surface area contributed by atoms with Crippen molar-refractivity contribution in [1.82, 2.24) is 4.90 Å². The summed E-state index contributed by atoms with van der Waals surface area (Å²) in [7, 11) is 1.25. The normalized spacial score (nSPS) is 28.5. The van der Waals surface area contributed by atoms with Gasteiger partial charge in [0, 0.05) is 25.2 Å². The largest absolute Gasteiger partial charge is 0.459 e. The number of carbonyl (C=O) groups is 8. The van der Waals surface area contributed by atoms with Gasteiger partial charge in [-0.1, -0.05) is 297 Å². The first-order valence-electron chi connectivity index (χ1n) is 49.6. The van der Waals surface area contributed by atoms with E-state index in [0.717, 1.165) is 27.8 Å². The van der Waals surface area contributed by atoms with E-state index in [1.54, 1.807) is 133 Å². The van der Waals surface area contributed by atoms with E-state index in [-0.39, 0.29) is 78.6 Å². The predicted molar refractivity (Wildman–Crippen MR) is 534 cm³/mol. The Hall–Kier alpha value is -13.6. The molecule has 0 aromatic heterocycles. The number of carbonyl (C=O) groups excluding carboxylic acids is 8. The van der Waals surface area contributed by atoms with Crippen molar-refractivity contribution in [3.05, 3.63) is 430 Å². The summed E-state index contributed by atoms with van der Waals surface area (Å²) in [6.45, 7) is -1.04. The molecule has 8 heterocycles. The molecule has 12 aromatic rings. The van der Waals surface area contributed by atoms with Gasteiger partial charge < -0.3 is 109 Å². The minimum absolute atomic E-state index is 0.00305. The Labute approximate surface area is 868 Å². The minimum Gasteiger partial charge on any atom is -0.459 e. The molecule has 7 fully saturated rings. The van der Waals surface area contributed by atoms with Gasteiger partial charge in [0.2, 0.25) is 0 Å². The van der Waals surface area contributed by atoms with Crippen LogP contribution >= 0.6 is 11.8 Å². The molecule has 0 radical (unpaired) electrons. The number of imide groups is 1. The Morgan fingerprint density at radius 2 is 0.673 bits per heavy atom. The van der Waals surface area contributed by atoms with E-state index in [1.807, 2.05) is 152 Å². The minimum atomic E-state index is -2.24. The molecule has 33 heteroatoms. The standard InChI is InChI=1S/C117H109NO31S/c1-71(119)150-103-95-89(70-134-112(147-95)82-58-34-13-35-59-82)139-117(102(103)143-110(126)80-54-30-11-31-55-80)148-96-90(118-104(120)83-60-36-37-61-84(83)105(118)121)113(136-86(66-128-62-72-38-14-3-15-39-72)92(96)145-115-99(131-65-75-44-20-6-21-45-75)91(130-64-74-42-18-5-19-43-74)85(67-135-115)129-63-73-40-16-4-17-41-73)149-98-94-88(69-133-111(144-94)81-56-32-12-33-57-81)138-116(101(98)142-109(125)79-52-28-10-29-53-79)146-93-87(68-132-106(122)76-46-22-7-23-47-76)137-114(127-2)100(141-108(124)78-50-26-9-27-51-78)97(93)140-107(123)77-48-24-8-25-49-77/h3-61,85-103,111-117H,62-70H2,1-2H3/t85-,86-,87-,88-,89-,90-,91-,92-,93-,94+,95+,96-,97+,98+,99+,100-,101-,102-,103+,111?,112?,113+,114-,115+,116+,117+/m1/s1. The third-order valence-corrected chi connectivity index (χ3v) is 27.9. The highest BCUT2D eigenvalue weighted by Gasteiger charge is 2.65. The van der Waals surface area contributed by atoms with E-state index in [2.05, 4.69) is 0 Å². The van der Waals surface area contributed by atoms with Gasteiger partial charge in [-0.3, -0.25) is 19.3 Å². The maximum atomic E-state index is 16.9. The number of ether oxygens (including phenoxy) is 23. The fourth-order valence-corrected chi connectivity index (χ4v) is 20.6. The molecule has 8 aliphatic rings. The van der Waals surface area contributed by atoms with Crippen LogP contribution in [0.1, 0.15) is 125 Å². The second-order valence-electron chi connectivity index (χ2n) is 36.7. The number of nitrogens with zero attached hydrogens (tertiary/aromatic N) is 1. The van der Waals surface area contributed by atoms with Gasteiger partial charge in [-0.25, -0.2) is 24.0 Å². The first kappa shape index (κ1) is 104. The number of methoxy groups -OCH3 is 1. The predicted octanol–water partition coefficient (Wildman–Crippen LogP) is 15.7. The molecule has 150 heavy (non-hydrogen) atoms. The molecule has 2 amide bonds. The van der Waals surface area contributed by atoms with Crippen molar-refractivity contribution in [2.45, 2.75) is 192 Å². The molecule has 0 aliphatic carbocycles. The van der Waals surface area contributed by atoms with Crippen molar-refractivity contribution in [2.75, 3.05) is 40.1 Å². The Bertz CT molecular complexity index is 6440. The summed E-state index contributed by atoms with van der Waals surface area (Å²) in [4.78, 5) is 126. The van der Waals surface area contributed by atoms with E-state index in [1.165, 1.54) is 86.8 Å². The van der Waals surface area contributed by atoms with Crippen LogP contribution in [0.3, 0.4) is 0 Å². The lowest BCUT2D eigenvalue weighted by molar-refractivity contribution is -0.410. The smallest absolute Gasteiger partial charge is 0.338 e. The SMILES string of the molecule is CO[C@@H]1O[C@H](COC(=O)c2ccccc2)[C@@H](O[C@@H]2O[C@@H]3COC(c4ccccc4)O[C@@H]3[C@H](O[C@@H]3O[C@H](COCc4ccccc4)[C@@H](O[C@@H]4OC[C@@H](OCc5ccccc5)[C@@H](OCc5ccccc5)[C@@H]4OCc4ccccc4)[C@H](O[C@@H]4O[C@@H]5COC(c6ccccc6)O[C@@H]5[C@H](SC(C)=O)[C@H]4OC(=O)c4ccccc4)[C@H]3N3C(=O)c4ccccc4C3=O)[C@H]2OC(=O)c2ccccc2)[C@H](OC(=O)c2ccccc2)[C@H]1OC(=O)c1ccccc1. The van der Waals surface area contributed by atoms with Gasteiger partial charge >= 0.3 is 29.8 Å². The Morgan fingerprint density at radius 3 is 1.15 bits per heavy atom. The molecular formula is C117H109NO31S. The Balaban J connectivity index is 0.790. The highest BCUT2D eigenvalue weighted by molar-refractivity contribution is 8.14. The van der Waals surface area contributed by atoms with Gasteiger partial charge in [-0.15, -0.1) is 0 Å². The van der Waals surface area contributed by atoms with Crippen molar-refractivity contribution >= 4 is 58.5 Å². The second kappa shape index (κ2) is 49.5. The molecular weight excluding hydrogens is 1950 g/mol. The van der Waals surface area contributed by atoms with E-state index in [0.29, 0.717) is 22.3 Å². The first-order chi connectivity index (χ1) is 73.6. The number of thioether (sulfide) groups is 1. The second-order valence-corrected chi connectivity index (χ2v) is 38.1. The summed E-state index contributed by atoms with van der Waals surface area (Å²) in [6, 6.07) is 99.1. The summed E-state index contributed by atoms with van der Waals surface area (Å²) in [5.74, 6) is -6.68. The van der Waals surface area contributed by atoms with Crippen LogP contribution in [0, 0.1) is 0 Å². The fourth-order valence-electron chi connectivity index (χ4n) is 19.5. The molecule has 2 unspecified atom stereocenters.